The van der Waals surface area contributed by atoms with Gasteiger partial charge in [-0.05, 0) is 14.0 Å². The highest BCUT2D eigenvalue weighted by molar-refractivity contribution is 5.75. The molecule has 2 atom stereocenters. The van der Waals surface area contributed by atoms with E-state index in [0.717, 1.165) is 0 Å². The summed E-state index contributed by atoms with van der Waals surface area (Å²) in [6.45, 7) is 2.77. The van der Waals surface area contributed by atoms with E-state index in [0.29, 0.717) is 0 Å². The molecule has 0 bridgehead atoms. The topological polar surface area (TPSA) is 75.6 Å². The fourth-order valence-electron chi connectivity index (χ4n) is 0.889. The van der Waals surface area contributed by atoms with E-state index < -0.39 is 24.1 Å². The van der Waals surface area contributed by atoms with Gasteiger partial charge in [-0.15, -0.1) is 0 Å². The molecule has 0 spiro atoms. The Balaban J connectivity index is 4.11. The summed E-state index contributed by atoms with van der Waals surface area (Å²) in [6, 6.07) is -0.853. The lowest BCUT2D eigenvalue weighted by Gasteiger charge is -2.18. The number of hydrogen-bond donors (Lipinski definition) is 2. The quantitative estimate of drug-likeness (QED) is 0.569. The summed E-state index contributed by atoms with van der Waals surface area (Å²) in [7, 11) is 1.50. The van der Waals surface area contributed by atoms with Crippen molar-refractivity contribution in [1.82, 2.24) is 5.32 Å². The maximum atomic E-state index is 10.5. The Hall–Kier alpha value is -1.10. The van der Waals surface area contributed by atoms with Crippen LogP contribution in [0, 0.1) is 0 Å². The summed E-state index contributed by atoms with van der Waals surface area (Å²) in [5, 5.41) is 11.1. The van der Waals surface area contributed by atoms with Gasteiger partial charge in [0.25, 0.3) is 0 Å². The Bertz CT molecular complexity index is 180. The summed E-state index contributed by atoms with van der Waals surface area (Å²) in [6.07, 6.45) is -0.662. The number of rotatable bonds is 4. The van der Waals surface area contributed by atoms with Crippen LogP contribution in [0.25, 0.3) is 0 Å². The van der Waals surface area contributed by atoms with Gasteiger partial charge < -0.3 is 15.2 Å². The second-order valence-electron chi connectivity index (χ2n) is 2.42. The summed E-state index contributed by atoms with van der Waals surface area (Å²) >= 11 is 0. The fraction of sp³-hybridized carbons (Fsp3) is 0.714. The molecule has 0 saturated heterocycles. The van der Waals surface area contributed by atoms with E-state index in [2.05, 4.69) is 10.1 Å². The van der Waals surface area contributed by atoms with Gasteiger partial charge in [-0.3, -0.25) is 9.59 Å². The molecule has 5 heteroatoms. The molecule has 12 heavy (non-hydrogen) atoms. The Morgan fingerprint density at radius 1 is 1.50 bits per heavy atom. The van der Waals surface area contributed by atoms with Crippen molar-refractivity contribution in [3.63, 3.8) is 0 Å². The molecule has 0 aliphatic rings. The van der Waals surface area contributed by atoms with Crippen LogP contribution in [0.15, 0.2) is 0 Å². The lowest BCUT2D eigenvalue weighted by molar-refractivity contribution is -0.152. The van der Waals surface area contributed by atoms with E-state index in [4.69, 9.17) is 5.11 Å². The molecule has 0 rings (SSSR count). The molecule has 0 aromatic heterocycles. The number of ether oxygens (including phenoxy) is 1. The Kier molecular flexibility index (Phi) is 4.28. The first-order valence-corrected chi connectivity index (χ1v) is 3.56. The maximum Gasteiger partial charge on any atom is 0.324 e. The molecule has 0 aliphatic heterocycles. The molecule has 0 fully saturated rings. The van der Waals surface area contributed by atoms with Gasteiger partial charge in [0.15, 0.2) is 0 Å². The molecular weight excluding hydrogens is 162 g/mol. The predicted octanol–water partition coefficient (Wildman–Crippen LogP) is -0.389. The first kappa shape index (κ1) is 10.9. The van der Waals surface area contributed by atoms with E-state index >= 15 is 0 Å². The number of esters is 1. The van der Waals surface area contributed by atoms with Crippen LogP contribution < -0.4 is 5.32 Å². The molecule has 2 N–H and O–H groups in total. The van der Waals surface area contributed by atoms with Crippen molar-refractivity contribution in [2.75, 3.05) is 7.05 Å². The number of carboxylic acids is 1. The largest absolute Gasteiger partial charge is 0.480 e. The molecule has 0 aromatic carbocycles. The van der Waals surface area contributed by atoms with Gasteiger partial charge in [-0.25, -0.2) is 0 Å². The van der Waals surface area contributed by atoms with Crippen LogP contribution in [-0.4, -0.2) is 36.2 Å². The number of carbonyl (C=O) groups excluding carboxylic acids is 1. The summed E-state index contributed by atoms with van der Waals surface area (Å²) in [5.41, 5.74) is 0. The first-order chi connectivity index (χ1) is 5.49. The van der Waals surface area contributed by atoms with Gasteiger partial charge in [0.05, 0.1) is 0 Å². The molecule has 0 aromatic rings. The van der Waals surface area contributed by atoms with Crippen LogP contribution in [-0.2, 0) is 14.3 Å². The average Bonchev–Trinajstić information content (AvgIpc) is 1.85. The zero-order valence-electron chi connectivity index (χ0n) is 7.33. The Morgan fingerprint density at radius 2 is 2.00 bits per heavy atom. The molecular formula is C7H13NO4. The zero-order chi connectivity index (χ0) is 9.72. The number of likely N-dealkylation sites (N-methyl/N-ethyl adjacent to an activating group) is 1. The third-order valence-electron chi connectivity index (χ3n) is 1.40. The first-order valence-electron chi connectivity index (χ1n) is 3.56. The predicted molar refractivity (Wildman–Crippen MR) is 41.7 cm³/mol. The van der Waals surface area contributed by atoms with Crippen molar-refractivity contribution < 1.29 is 19.4 Å². The van der Waals surface area contributed by atoms with Crippen molar-refractivity contribution >= 4 is 11.9 Å². The summed E-state index contributed by atoms with van der Waals surface area (Å²) in [5.74, 6) is -1.52. The van der Waals surface area contributed by atoms with Crippen LogP contribution in [0.5, 0.6) is 0 Å². The van der Waals surface area contributed by atoms with Crippen molar-refractivity contribution in [2.24, 2.45) is 0 Å². The lowest BCUT2D eigenvalue weighted by Crippen LogP contribution is -2.44. The third-order valence-corrected chi connectivity index (χ3v) is 1.40. The van der Waals surface area contributed by atoms with Crippen molar-refractivity contribution in [1.29, 1.82) is 0 Å². The van der Waals surface area contributed by atoms with E-state index in [-0.39, 0.29) is 0 Å². The van der Waals surface area contributed by atoms with E-state index in [9.17, 15) is 9.59 Å². The SMILES string of the molecule is CN[C@H](C(=O)O)[C@@H](C)OC(C)=O. The minimum Gasteiger partial charge on any atom is -0.480 e. The zero-order valence-corrected chi connectivity index (χ0v) is 7.33. The second kappa shape index (κ2) is 4.71. The smallest absolute Gasteiger partial charge is 0.324 e. The van der Waals surface area contributed by atoms with E-state index in [1.54, 1.807) is 0 Å². The van der Waals surface area contributed by atoms with Crippen LogP contribution in [0.4, 0.5) is 0 Å². The molecule has 0 heterocycles. The van der Waals surface area contributed by atoms with Crippen LogP contribution in [0.1, 0.15) is 13.8 Å². The van der Waals surface area contributed by atoms with Crippen molar-refractivity contribution in [3.05, 3.63) is 0 Å². The molecule has 0 amide bonds. The molecule has 5 nitrogen and oxygen atoms in total. The molecule has 70 valence electrons. The molecule has 0 saturated carbocycles. The normalized spacial score (nSPS) is 14.9. The molecule has 0 unspecified atom stereocenters. The van der Waals surface area contributed by atoms with Gasteiger partial charge in [0.1, 0.15) is 12.1 Å². The average molecular weight is 175 g/mol. The minimum absolute atomic E-state index is 0.482. The highest BCUT2D eigenvalue weighted by Gasteiger charge is 2.24. The van der Waals surface area contributed by atoms with Crippen LogP contribution in [0.3, 0.4) is 0 Å². The summed E-state index contributed by atoms with van der Waals surface area (Å²) in [4.78, 5) is 21.0. The monoisotopic (exact) mass is 175 g/mol. The van der Waals surface area contributed by atoms with E-state index in [1.165, 1.54) is 20.9 Å². The highest BCUT2D eigenvalue weighted by atomic mass is 16.5. The van der Waals surface area contributed by atoms with Crippen LogP contribution >= 0.6 is 0 Å². The highest BCUT2D eigenvalue weighted by Crippen LogP contribution is 1.98. The third kappa shape index (κ3) is 3.34. The maximum absolute atomic E-state index is 10.5. The number of carboxylic acid groups (broad SMARTS) is 1. The Morgan fingerprint density at radius 3 is 2.25 bits per heavy atom. The number of carbonyl (C=O) groups is 2. The molecule has 0 aliphatic carbocycles. The minimum atomic E-state index is -1.04. The molecule has 0 radical (unpaired) electrons. The standard InChI is InChI=1S/C7H13NO4/c1-4(12-5(2)9)6(8-3)7(10)11/h4,6,8H,1-3H3,(H,10,11)/t4-,6+/m1/s1. The van der Waals surface area contributed by atoms with Crippen molar-refractivity contribution in [3.8, 4) is 0 Å². The van der Waals surface area contributed by atoms with Crippen molar-refractivity contribution in [2.45, 2.75) is 26.0 Å². The van der Waals surface area contributed by atoms with Gasteiger partial charge in [-0.1, -0.05) is 0 Å². The van der Waals surface area contributed by atoms with Gasteiger partial charge in [0.2, 0.25) is 0 Å². The number of hydrogen-bond acceptors (Lipinski definition) is 4. The number of aliphatic carboxylic acids is 1. The van der Waals surface area contributed by atoms with E-state index in [1.807, 2.05) is 0 Å². The van der Waals surface area contributed by atoms with Gasteiger partial charge in [-0.2, -0.15) is 0 Å². The summed E-state index contributed by atoms with van der Waals surface area (Å²) < 4.78 is 4.68. The second-order valence-corrected chi connectivity index (χ2v) is 2.42. The van der Waals surface area contributed by atoms with Gasteiger partial charge >= 0.3 is 11.9 Å². The van der Waals surface area contributed by atoms with Crippen LogP contribution in [0.2, 0.25) is 0 Å². The number of nitrogens with one attached hydrogen (secondary N) is 1. The van der Waals surface area contributed by atoms with Gasteiger partial charge in [0, 0.05) is 6.92 Å². The Labute approximate surface area is 70.7 Å². The fourth-order valence-corrected chi connectivity index (χ4v) is 0.889. The lowest BCUT2D eigenvalue weighted by atomic mass is 10.2.